The number of ether oxygens (including phenoxy) is 1. The minimum atomic E-state index is 0.512. The topological polar surface area (TPSA) is 35.2 Å². The zero-order valence-electron chi connectivity index (χ0n) is 11.8. The molecule has 2 rings (SSSR count). The fourth-order valence-electron chi connectivity index (χ4n) is 2.20. The molecule has 0 unspecified atom stereocenters. The Morgan fingerprint density at radius 2 is 1.74 bits per heavy atom. The smallest absolute Gasteiger partial charge is 0.119 e. The van der Waals surface area contributed by atoms with E-state index in [1.54, 1.807) is 7.11 Å². The lowest BCUT2D eigenvalue weighted by atomic mass is 9.96. The molecule has 2 N–H and O–H groups in total. The third-order valence-corrected chi connectivity index (χ3v) is 3.42. The molecule has 0 atom stereocenters. The zero-order valence-corrected chi connectivity index (χ0v) is 11.8. The monoisotopic (exact) mass is 255 g/mol. The minimum Gasteiger partial charge on any atom is -0.497 e. The van der Waals surface area contributed by atoms with Gasteiger partial charge in [-0.1, -0.05) is 44.2 Å². The van der Waals surface area contributed by atoms with Gasteiger partial charge in [-0.05, 0) is 40.3 Å². The highest BCUT2D eigenvalue weighted by Crippen LogP contribution is 2.28. The summed E-state index contributed by atoms with van der Waals surface area (Å²) < 4.78 is 5.24. The molecule has 0 radical (unpaired) electrons. The molecule has 2 aromatic rings. The van der Waals surface area contributed by atoms with Crippen LogP contribution in [0.2, 0.25) is 0 Å². The van der Waals surface area contributed by atoms with Crippen LogP contribution in [0.1, 0.15) is 30.9 Å². The molecule has 0 aliphatic rings. The van der Waals surface area contributed by atoms with E-state index in [1.807, 2.05) is 12.1 Å². The van der Waals surface area contributed by atoms with Gasteiger partial charge in [-0.3, -0.25) is 0 Å². The standard InChI is InChI=1S/C17H21NO/c1-12(2)13-4-6-14(7-5-13)17-9-8-16(19-3)10-15(17)11-18/h4-10,12H,11,18H2,1-3H3. The van der Waals surface area contributed by atoms with E-state index in [0.29, 0.717) is 12.5 Å². The van der Waals surface area contributed by atoms with Crippen molar-refractivity contribution in [1.29, 1.82) is 0 Å². The molecular weight excluding hydrogens is 234 g/mol. The van der Waals surface area contributed by atoms with Crippen LogP contribution in [-0.4, -0.2) is 7.11 Å². The fraction of sp³-hybridized carbons (Fsp3) is 0.294. The Labute approximate surface area is 115 Å². The number of rotatable bonds is 4. The molecule has 0 heterocycles. The van der Waals surface area contributed by atoms with Crippen LogP contribution in [0.25, 0.3) is 11.1 Å². The van der Waals surface area contributed by atoms with Gasteiger partial charge in [0.25, 0.3) is 0 Å². The van der Waals surface area contributed by atoms with Gasteiger partial charge in [0.05, 0.1) is 7.11 Å². The van der Waals surface area contributed by atoms with Crippen molar-refractivity contribution in [2.75, 3.05) is 7.11 Å². The van der Waals surface area contributed by atoms with E-state index in [-0.39, 0.29) is 0 Å². The highest BCUT2D eigenvalue weighted by Gasteiger charge is 2.06. The molecule has 0 aromatic heterocycles. The van der Waals surface area contributed by atoms with E-state index in [9.17, 15) is 0 Å². The van der Waals surface area contributed by atoms with Gasteiger partial charge in [0.15, 0.2) is 0 Å². The Morgan fingerprint density at radius 1 is 1.05 bits per heavy atom. The first-order valence-corrected chi connectivity index (χ1v) is 6.63. The molecule has 2 nitrogen and oxygen atoms in total. The van der Waals surface area contributed by atoms with Gasteiger partial charge in [0, 0.05) is 6.54 Å². The molecule has 100 valence electrons. The molecular formula is C17H21NO. The largest absolute Gasteiger partial charge is 0.497 e. The van der Waals surface area contributed by atoms with Crippen molar-refractivity contribution in [3.05, 3.63) is 53.6 Å². The van der Waals surface area contributed by atoms with Crippen molar-refractivity contribution in [3.8, 4) is 16.9 Å². The average molecular weight is 255 g/mol. The summed E-state index contributed by atoms with van der Waals surface area (Å²) in [6.45, 7) is 4.92. The van der Waals surface area contributed by atoms with Gasteiger partial charge in [0.2, 0.25) is 0 Å². The predicted octanol–water partition coefficient (Wildman–Crippen LogP) is 3.94. The van der Waals surface area contributed by atoms with Crippen LogP contribution in [0.4, 0.5) is 0 Å². The molecule has 0 saturated heterocycles. The second-order valence-corrected chi connectivity index (χ2v) is 5.00. The van der Waals surface area contributed by atoms with Gasteiger partial charge < -0.3 is 10.5 Å². The SMILES string of the molecule is COc1ccc(-c2ccc(C(C)C)cc2)c(CN)c1. The van der Waals surface area contributed by atoms with Gasteiger partial charge in [0.1, 0.15) is 5.75 Å². The van der Waals surface area contributed by atoms with Crippen molar-refractivity contribution in [2.24, 2.45) is 5.73 Å². The van der Waals surface area contributed by atoms with Crippen LogP contribution < -0.4 is 10.5 Å². The summed E-state index contributed by atoms with van der Waals surface area (Å²) in [5, 5.41) is 0. The van der Waals surface area contributed by atoms with Crippen molar-refractivity contribution in [3.63, 3.8) is 0 Å². The van der Waals surface area contributed by atoms with Crippen LogP contribution >= 0.6 is 0 Å². The quantitative estimate of drug-likeness (QED) is 0.898. The predicted molar refractivity (Wildman–Crippen MR) is 80.4 cm³/mol. The fourth-order valence-corrected chi connectivity index (χ4v) is 2.20. The maximum absolute atomic E-state index is 5.83. The van der Waals surface area contributed by atoms with Crippen LogP contribution in [0.5, 0.6) is 5.75 Å². The molecule has 0 saturated carbocycles. The highest BCUT2D eigenvalue weighted by atomic mass is 16.5. The lowest BCUT2D eigenvalue weighted by Crippen LogP contribution is -2.00. The lowest BCUT2D eigenvalue weighted by molar-refractivity contribution is 0.414. The molecule has 2 aromatic carbocycles. The third kappa shape index (κ3) is 2.96. The van der Waals surface area contributed by atoms with Crippen molar-refractivity contribution in [2.45, 2.75) is 26.3 Å². The van der Waals surface area contributed by atoms with Crippen molar-refractivity contribution < 1.29 is 4.74 Å². The number of methoxy groups -OCH3 is 1. The first-order chi connectivity index (χ1) is 9.15. The van der Waals surface area contributed by atoms with Gasteiger partial charge >= 0.3 is 0 Å². The Balaban J connectivity index is 2.40. The number of hydrogen-bond donors (Lipinski definition) is 1. The van der Waals surface area contributed by atoms with Crippen molar-refractivity contribution in [1.82, 2.24) is 0 Å². The van der Waals surface area contributed by atoms with Crippen molar-refractivity contribution >= 4 is 0 Å². The Bertz CT molecular complexity index is 544. The van der Waals surface area contributed by atoms with Gasteiger partial charge in [-0.2, -0.15) is 0 Å². The highest BCUT2D eigenvalue weighted by molar-refractivity contribution is 5.68. The minimum absolute atomic E-state index is 0.512. The number of benzene rings is 2. The molecule has 0 bridgehead atoms. The lowest BCUT2D eigenvalue weighted by Gasteiger charge is -2.12. The summed E-state index contributed by atoms with van der Waals surface area (Å²) in [6, 6.07) is 14.8. The molecule has 2 heteroatoms. The summed E-state index contributed by atoms with van der Waals surface area (Å²) in [7, 11) is 1.67. The summed E-state index contributed by atoms with van der Waals surface area (Å²) in [4.78, 5) is 0. The van der Waals surface area contributed by atoms with E-state index in [2.05, 4.69) is 44.2 Å². The van der Waals surface area contributed by atoms with E-state index < -0.39 is 0 Å². The van der Waals surface area contributed by atoms with E-state index in [4.69, 9.17) is 10.5 Å². The molecule has 0 aliphatic carbocycles. The first kappa shape index (κ1) is 13.6. The summed E-state index contributed by atoms with van der Waals surface area (Å²) in [6.07, 6.45) is 0. The molecule has 19 heavy (non-hydrogen) atoms. The van der Waals surface area contributed by atoms with Gasteiger partial charge in [-0.25, -0.2) is 0 Å². The first-order valence-electron chi connectivity index (χ1n) is 6.63. The summed E-state index contributed by atoms with van der Waals surface area (Å²) >= 11 is 0. The maximum atomic E-state index is 5.83. The zero-order chi connectivity index (χ0) is 13.8. The molecule has 0 spiro atoms. The normalized spacial score (nSPS) is 10.8. The molecule has 0 aliphatic heterocycles. The Hall–Kier alpha value is -1.80. The average Bonchev–Trinajstić information content (AvgIpc) is 2.46. The van der Waals surface area contributed by atoms with Crippen LogP contribution in [-0.2, 0) is 6.54 Å². The van der Waals surface area contributed by atoms with E-state index in [0.717, 1.165) is 11.3 Å². The van der Waals surface area contributed by atoms with Crippen LogP contribution in [0.3, 0.4) is 0 Å². The second kappa shape index (κ2) is 5.89. The third-order valence-electron chi connectivity index (χ3n) is 3.42. The Morgan fingerprint density at radius 3 is 2.26 bits per heavy atom. The molecule has 0 fully saturated rings. The van der Waals surface area contributed by atoms with Crippen LogP contribution in [0, 0.1) is 0 Å². The molecule has 0 amide bonds. The van der Waals surface area contributed by atoms with Crippen LogP contribution in [0.15, 0.2) is 42.5 Å². The summed E-state index contributed by atoms with van der Waals surface area (Å²) in [5.41, 5.74) is 10.7. The summed E-state index contributed by atoms with van der Waals surface area (Å²) in [5.74, 6) is 1.40. The maximum Gasteiger partial charge on any atom is 0.119 e. The van der Waals surface area contributed by atoms with E-state index in [1.165, 1.54) is 16.7 Å². The Kier molecular flexibility index (Phi) is 4.23. The number of hydrogen-bond acceptors (Lipinski definition) is 2. The van der Waals surface area contributed by atoms with Gasteiger partial charge in [-0.15, -0.1) is 0 Å². The number of nitrogens with two attached hydrogens (primary N) is 1. The van der Waals surface area contributed by atoms with E-state index >= 15 is 0 Å². The second-order valence-electron chi connectivity index (χ2n) is 5.00.